The quantitative estimate of drug-likeness (QED) is 0.611. The van der Waals surface area contributed by atoms with Gasteiger partial charge in [0.25, 0.3) is 0 Å². The number of hydrogen-bond donors (Lipinski definition) is 1. The summed E-state index contributed by atoms with van der Waals surface area (Å²) in [6.45, 7) is 3.80. The van der Waals surface area contributed by atoms with Crippen molar-refractivity contribution in [2.24, 2.45) is 10.7 Å². The predicted octanol–water partition coefficient (Wildman–Crippen LogP) is 3.57. The highest BCUT2D eigenvalue weighted by Crippen LogP contribution is 2.31. The van der Waals surface area contributed by atoms with Gasteiger partial charge in [0.15, 0.2) is 11.5 Å². The number of methoxy groups -OCH3 is 1. The van der Waals surface area contributed by atoms with Crippen molar-refractivity contribution in [3.8, 4) is 11.5 Å². The lowest BCUT2D eigenvalue weighted by atomic mass is 9.89. The first-order chi connectivity index (χ1) is 12.8. The van der Waals surface area contributed by atoms with Crippen molar-refractivity contribution >= 4 is 12.0 Å². The summed E-state index contributed by atoms with van der Waals surface area (Å²) >= 11 is 0. The van der Waals surface area contributed by atoms with Gasteiger partial charge >= 0.3 is 0 Å². The Bertz CT molecular complexity index is 710. The van der Waals surface area contributed by atoms with Gasteiger partial charge in [-0.3, -0.25) is 4.90 Å². The summed E-state index contributed by atoms with van der Waals surface area (Å²) in [5.41, 5.74) is 7.55. The average Bonchev–Trinajstić information content (AvgIpc) is 2.70. The molecule has 2 aromatic carbocycles. The van der Waals surface area contributed by atoms with Gasteiger partial charge in [-0.1, -0.05) is 30.3 Å². The van der Waals surface area contributed by atoms with Crippen molar-refractivity contribution in [3.05, 3.63) is 54.1 Å². The van der Waals surface area contributed by atoms with Crippen molar-refractivity contribution in [3.63, 3.8) is 0 Å². The predicted molar refractivity (Wildman–Crippen MR) is 106 cm³/mol. The van der Waals surface area contributed by atoms with Gasteiger partial charge in [-0.15, -0.1) is 0 Å². The number of hydrogen-bond acceptors (Lipinski definition) is 4. The molecule has 0 aliphatic carbocycles. The molecule has 0 saturated carbocycles. The van der Waals surface area contributed by atoms with Crippen LogP contribution in [0.2, 0.25) is 0 Å². The molecule has 0 spiro atoms. The van der Waals surface area contributed by atoms with Crippen molar-refractivity contribution < 1.29 is 9.47 Å². The highest BCUT2D eigenvalue weighted by molar-refractivity contribution is 5.61. The average molecular weight is 353 g/mol. The molecule has 1 saturated heterocycles. The van der Waals surface area contributed by atoms with Gasteiger partial charge in [-0.05, 0) is 49.5 Å². The molecule has 5 heteroatoms. The molecule has 1 aliphatic heterocycles. The molecule has 0 atom stereocenters. The van der Waals surface area contributed by atoms with E-state index in [-0.39, 0.29) is 0 Å². The molecule has 1 fully saturated rings. The van der Waals surface area contributed by atoms with Crippen LogP contribution < -0.4 is 15.2 Å². The fourth-order valence-electron chi connectivity index (χ4n) is 3.44. The SMILES string of the molecule is COc1cc(N=CN)ccc1OCCN1CCC(c2ccccc2)CC1. The van der Waals surface area contributed by atoms with Crippen molar-refractivity contribution in [1.82, 2.24) is 4.90 Å². The third-order valence-corrected chi connectivity index (χ3v) is 4.89. The number of nitrogens with zero attached hydrogens (tertiary/aromatic N) is 2. The zero-order valence-electron chi connectivity index (χ0n) is 15.3. The first kappa shape index (κ1) is 18.3. The second-order valence-electron chi connectivity index (χ2n) is 6.49. The number of benzene rings is 2. The van der Waals surface area contributed by atoms with Crippen LogP contribution in [-0.2, 0) is 0 Å². The van der Waals surface area contributed by atoms with Gasteiger partial charge in [-0.25, -0.2) is 4.99 Å². The van der Waals surface area contributed by atoms with E-state index in [1.54, 1.807) is 7.11 Å². The van der Waals surface area contributed by atoms with Gasteiger partial charge in [0, 0.05) is 12.6 Å². The lowest BCUT2D eigenvalue weighted by molar-refractivity contribution is 0.171. The van der Waals surface area contributed by atoms with Crippen LogP contribution >= 0.6 is 0 Å². The van der Waals surface area contributed by atoms with Crippen LogP contribution in [0.3, 0.4) is 0 Å². The molecule has 5 nitrogen and oxygen atoms in total. The summed E-state index contributed by atoms with van der Waals surface area (Å²) in [7, 11) is 1.63. The van der Waals surface area contributed by atoms with Gasteiger partial charge < -0.3 is 15.2 Å². The van der Waals surface area contributed by atoms with Crippen molar-refractivity contribution in [2.45, 2.75) is 18.8 Å². The zero-order valence-corrected chi connectivity index (χ0v) is 15.3. The van der Waals surface area contributed by atoms with Gasteiger partial charge in [0.05, 0.1) is 19.1 Å². The maximum absolute atomic E-state index is 5.93. The van der Waals surface area contributed by atoms with E-state index in [2.05, 4.69) is 40.2 Å². The maximum atomic E-state index is 5.93. The van der Waals surface area contributed by atoms with E-state index in [9.17, 15) is 0 Å². The Labute approximate surface area is 155 Å². The van der Waals surface area contributed by atoms with Crippen molar-refractivity contribution in [2.75, 3.05) is 33.4 Å². The first-order valence-electron chi connectivity index (χ1n) is 9.12. The first-order valence-corrected chi connectivity index (χ1v) is 9.12. The number of likely N-dealkylation sites (tertiary alicyclic amines) is 1. The van der Waals surface area contributed by atoms with Crippen LogP contribution in [0.25, 0.3) is 0 Å². The Morgan fingerprint density at radius 2 is 1.88 bits per heavy atom. The molecule has 3 rings (SSSR count). The fourth-order valence-corrected chi connectivity index (χ4v) is 3.44. The van der Waals surface area contributed by atoms with Crippen LogP contribution in [0.4, 0.5) is 5.69 Å². The minimum absolute atomic E-state index is 0.645. The standard InChI is InChI=1S/C21H27N3O2/c1-25-21-15-19(23-16-22)7-8-20(21)26-14-13-24-11-9-18(10-12-24)17-5-3-2-4-6-17/h2-8,15-16,18H,9-14H2,1H3,(H2,22,23). The van der Waals surface area contributed by atoms with Crippen LogP contribution in [0.5, 0.6) is 11.5 Å². The molecule has 0 aromatic heterocycles. The Morgan fingerprint density at radius 1 is 1.12 bits per heavy atom. The minimum atomic E-state index is 0.645. The summed E-state index contributed by atoms with van der Waals surface area (Å²) in [5, 5.41) is 0. The Kier molecular flexibility index (Phi) is 6.50. The lowest BCUT2D eigenvalue weighted by Crippen LogP contribution is -2.35. The van der Waals surface area contributed by atoms with Crippen LogP contribution in [0.15, 0.2) is 53.5 Å². The number of nitrogens with two attached hydrogens (primary N) is 1. The monoisotopic (exact) mass is 353 g/mol. The summed E-state index contributed by atoms with van der Waals surface area (Å²) in [5.74, 6) is 2.10. The maximum Gasteiger partial charge on any atom is 0.162 e. The molecule has 138 valence electrons. The Balaban J connectivity index is 1.46. The summed E-state index contributed by atoms with van der Waals surface area (Å²) in [6, 6.07) is 16.4. The highest BCUT2D eigenvalue weighted by Gasteiger charge is 2.20. The van der Waals surface area contributed by atoms with E-state index in [4.69, 9.17) is 15.2 Å². The van der Waals surface area contributed by atoms with E-state index in [1.165, 1.54) is 24.7 Å². The van der Waals surface area contributed by atoms with E-state index < -0.39 is 0 Å². The lowest BCUT2D eigenvalue weighted by Gasteiger charge is -2.32. The molecule has 26 heavy (non-hydrogen) atoms. The molecule has 0 radical (unpaired) electrons. The molecule has 0 bridgehead atoms. The third-order valence-electron chi connectivity index (χ3n) is 4.89. The number of aliphatic imine (C=N–C) groups is 1. The molecule has 0 amide bonds. The van der Waals surface area contributed by atoms with E-state index >= 15 is 0 Å². The Hall–Kier alpha value is -2.53. The normalized spacial score (nSPS) is 16.0. The zero-order chi connectivity index (χ0) is 18.2. The molecular weight excluding hydrogens is 326 g/mol. The van der Waals surface area contributed by atoms with Crippen molar-refractivity contribution in [1.29, 1.82) is 0 Å². The molecule has 1 aliphatic rings. The van der Waals surface area contributed by atoms with Gasteiger partial charge in [0.1, 0.15) is 6.61 Å². The number of piperidine rings is 1. The van der Waals surface area contributed by atoms with E-state index in [0.717, 1.165) is 31.1 Å². The molecule has 2 aromatic rings. The van der Waals surface area contributed by atoms with Gasteiger partial charge in [0.2, 0.25) is 0 Å². The molecule has 1 heterocycles. The van der Waals surface area contributed by atoms with Crippen LogP contribution in [0, 0.1) is 0 Å². The highest BCUT2D eigenvalue weighted by atomic mass is 16.5. The van der Waals surface area contributed by atoms with E-state index in [0.29, 0.717) is 18.3 Å². The Morgan fingerprint density at radius 3 is 2.58 bits per heavy atom. The van der Waals surface area contributed by atoms with E-state index in [1.807, 2.05) is 18.2 Å². The molecule has 2 N–H and O–H groups in total. The summed E-state index contributed by atoms with van der Waals surface area (Å²) in [6.07, 6.45) is 3.69. The minimum Gasteiger partial charge on any atom is -0.493 e. The largest absolute Gasteiger partial charge is 0.493 e. The molecule has 0 unspecified atom stereocenters. The summed E-state index contributed by atoms with van der Waals surface area (Å²) in [4.78, 5) is 6.52. The fraction of sp³-hybridized carbons (Fsp3) is 0.381. The third kappa shape index (κ3) is 4.76. The second-order valence-corrected chi connectivity index (χ2v) is 6.49. The number of rotatable bonds is 7. The second kappa shape index (κ2) is 9.25. The summed E-state index contributed by atoms with van der Waals surface area (Å²) < 4.78 is 11.3. The molecular formula is C21H27N3O2. The van der Waals surface area contributed by atoms with Crippen LogP contribution in [0.1, 0.15) is 24.3 Å². The topological polar surface area (TPSA) is 60.1 Å². The number of ether oxygens (including phenoxy) is 2. The smallest absolute Gasteiger partial charge is 0.162 e. The van der Waals surface area contributed by atoms with Crippen LogP contribution in [-0.4, -0.2) is 44.6 Å². The van der Waals surface area contributed by atoms with Gasteiger partial charge in [-0.2, -0.15) is 0 Å².